The van der Waals surface area contributed by atoms with E-state index in [4.69, 9.17) is 9.47 Å². The van der Waals surface area contributed by atoms with Crippen LogP contribution in [0.3, 0.4) is 0 Å². The lowest BCUT2D eigenvalue weighted by Gasteiger charge is -2.34. The van der Waals surface area contributed by atoms with Crippen molar-refractivity contribution in [1.82, 2.24) is 15.2 Å². The monoisotopic (exact) mass is 443 g/mol. The van der Waals surface area contributed by atoms with Crippen LogP contribution in [0.4, 0.5) is 0 Å². The van der Waals surface area contributed by atoms with Gasteiger partial charge in [-0.2, -0.15) is 0 Å². The van der Waals surface area contributed by atoms with Gasteiger partial charge in [-0.1, -0.05) is 12.1 Å². The van der Waals surface area contributed by atoms with Gasteiger partial charge in [0, 0.05) is 41.3 Å². The summed E-state index contributed by atoms with van der Waals surface area (Å²) < 4.78 is 11.4. The summed E-state index contributed by atoms with van der Waals surface area (Å²) in [6.45, 7) is 10.1. The van der Waals surface area contributed by atoms with E-state index in [2.05, 4.69) is 46.4 Å². The zero-order valence-electron chi connectivity index (χ0n) is 17.6. The van der Waals surface area contributed by atoms with Crippen LogP contribution in [0.25, 0.3) is 0 Å². The highest BCUT2D eigenvalue weighted by molar-refractivity contribution is 7.12. The zero-order chi connectivity index (χ0) is 20.8. The predicted octanol–water partition coefficient (Wildman–Crippen LogP) is 4.56. The van der Waals surface area contributed by atoms with Gasteiger partial charge in [-0.3, -0.25) is 4.90 Å². The van der Waals surface area contributed by atoms with Crippen LogP contribution >= 0.6 is 22.7 Å². The normalized spacial score (nSPS) is 15.9. The Morgan fingerprint density at radius 1 is 1.13 bits per heavy atom. The van der Waals surface area contributed by atoms with Crippen molar-refractivity contribution in [1.29, 1.82) is 0 Å². The van der Waals surface area contributed by atoms with E-state index in [-0.39, 0.29) is 0 Å². The van der Waals surface area contributed by atoms with Crippen molar-refractivity contribution in [3.63, 3.8) is 0 Å². The first-order valence-corrected chi connectivity index (χ1v) is 12.1. The Labute approximate surface area is 186 Å². The molecule has 1 N–H and O–H groups in total. The first-order chi connectivity index (χ1) is 14.7. The number of nitrogens with one attached hydrogen (secondary N) is 1. The molecule has 0 saturated carbocycles. The maximum Gasteiger partial charge on any atom is 0.131 e. The van der Waals surface area contributed by atoms with E-state index < -0.39 is 0 Å². The third-order valence-corrected chi connectivity index (χ3v) is 7.14. The van der Waals surface area contributed by atoms with Gasteiger partial charge in [-0.05, 0) is 43.7 Å². The van der Waals surface area contributed by atoms with Crippen molar-refractivity contribution in [3.8, 4) is 5.75 Å². The van der Waals surface area contributed by atoms with Crippen LogP contribution < -0.4 is 10.1 Å². The van der Waals surface area contributed by atoms with Crippen LogP contribution in [0.15, 0.2) is 41.8 Å². The fourth-order valence-electron chi connectivity index (χ4n) is 3.62. The summed E-state index contributed by atoms with van der Waals surface area (Å²) in [6, 6.07) is 13.2. The minimum Gasteiger partial charge on any atom is -0.487 e. The number of thiophene rings is 1. The van der Waals surface area contributed by atoms with Crippen LogP contribution in [-0.4, -0.2) is 42.7 Å². The number of aryl methyl sites for hydroxylation is 2. The lowest BCUT2D eigenvalue weighted by atomic mass is 10.1. The molecule has 7 heteroatoms. The molecule has 0 bridgehead atoms. The Hall–Kier alpha value is -1.77. The highest BCUT2D eigenvalue weighted by Crippen LogP contribution is 2.28. The number of rotatable bonds is 9. The molecule has 5 nitrogen and oxygen atoms in total. The van der Waals surface area contributed by atoms with Crippen LogP contribution in [-0.2, 0) is 17.9 Å². The van der Waals surface area contributed by atoms with Crippen molar-refractivity contribution in [2.24, 2.45) is 0 Å². The minimum atomic E-state index is 0.400. The van der Waals surface area contributed by atoms with Gasteiger partial charge >= 0.3 is 0 Å². The molecule has 1 aromatic carbocycles. The molecule has 4 rings (SSSR count). The van der Waals surface area contributed by atoms with Gasteiger partial charge in [0.25, 0.3) is 0 Å². The fourth-order valence-corrected chi connectivity index (χ4v) is 5.23. The molecule has 0 spiro atoms. The lowest BCUT2D eigenvalue weighted by Crippen LogP contribution is -2.42. The van der Waals surface area contributed by atoms with E-state index in [0.29, 0.717) is 12.6 Å². The number of hydrogen-bond acceptors (Lipinski definition) is 7. The third kappa shape index (κ3) is 5.89. The van der Waals surface area contributed by atoms with Crippen molar-refractivity contribution < 1.29 is 9.47 Å². The molecular weight excluding hydrogens is 414 g/mol. The molecule has 3 aromatic rings. The molecule has 0 radical (unpaired) electrons. The second-order valence-electron chi connectivity index (χ2n) is 7.53. The fraction of sp³-hybridized carbons (Fsp3) is 0.435. The molecule has 0 aliphatic carbocycles. The zero-order valence-corrected chi connectivity index (χ0v) is 19.2. The molecule has 1 fully saturated rings. The maximum absolute atomic E-state index is 5.85. The molecule has 1 aliphatic rings. The molecule has 3 heterocycles. The summed E-state index contributed by atoms with van der Waals surface area (Å²) in [5.41, 5.74) is 2.25. The summed E-state index contributed by atoms with van der Waals surface area (Å²) in [5.74, 6) is 0.879. The van der Waals surface area contributed by atoms with Gasteiger partial charge in [0.2, 0.25) is 0 Å². The van der Waals surface area contributed by atoms with Gasteiger partial charge in [0.05, 0.1) is 30.0 Å². The van der Waals surface area contributed by atoms with Gasteiger partial charge in [-0.25, -0.2) is 4.98 Å². The number of hydrogen-bond donors (Lipinski definition) is 1. The molecule has 1 unspecified atom stereocenters. The molecule has 1 atom stereocenters. The summed E-state index contributed by atoms with van der Waals surface area (Å²) >= 11 is 3.55. The van der Waals surface area contributed by atoms with Crippen molar-refractivity contribution >= 4 is 22.7 Å². The Bertz CT molecular complexity index is 917. The first-order valence-electron chi connectivity index (χ1n) is 10.4. The summed E-state index contributed by atoms with van der Waals surface area (Å²) in [4.78, 5) is 9.78. The average molecular weight is 444 g/mol. The largest absolute Gasteiger partial charge is 0.487 e. The molecule has 160 valence electrons. The lowest BCUT2D eigenvalue weighted by molar-refractivity contribution is 0.0168. The number of benzene rings is 1. The van der Waals surface area contributed by atoms with E-state index in [1.54, 1.807) is 11.3 Å². The van der Waals surface area contributed by atoms with Crippen LogP contribution in [0, 0.1) is 13.8 Å². The molecule has 2 aromatic heterocycles. The summed E-state index contributed by atoms with van der Waals surface area (Å²) in [6.07, 6.45) is 0. The topological polar surface area (TPSA) is 46.6 Å². The molecule has 1 saturated heterocycles. The maximum atomic E-state index is 5.85. The number of nitrogens with zero attached hydrogens (tertiary/aromatic N) is 2. The van der Waals surface area contributed by atoms with Gasteiger partial charge in [0.1, 0.15) is 12.4 Å². The Morgan fingerprint density at radius 2 is 1.93 bits per heavy atom. The van der Waals surface area contributed by atoms with Crippen LogP contribution in [0.2, 0.25) is 0 Å². The van der Waals surface area contributed by atoms with Gasteiger partial charge in [-0.15, -0.1) is 22.7 Å². The second kappa shape index (κ2) is 10.5. The molecular formula is C23H29N3O2S2. The third-order valence-electron chi connectivity index (χ3n) is 5.22. The number of aromatic nitrogens is 1. The molecule has 0 amide bonds. The summed E-state index contributed by atoms with van der Waals surface area (Å²) in [5, 5.41) is 6.78. The standard InChI is InChI=1S/C23H29N3O2S2/c1-17-3-8-23(30-17)22(26-9-11-27-12-10-26)14-24-13-19-4-6-21(7-5-19)28-15-20-16-29-18(2)25-20/h3-8,16,22,24H,9-15H2,1-2H3. The predicted molar refractivity (Wildman–Crippen MR) is 124 cm³/mol. The van der Waals surface area contributed by atoms with E-state index >= 15 is 0 Å². The average Bonchev–Trinajstić information content (AvgIpc) is 3.39. The minimum absolute atomic E-state index is 0.400. The van der Waals surface area contributed by atoms with Gasteiger partial charge < -0.3 is 14.8 Å². The van der Waals surface area contributed by atoms with E-state index in [9.17, 15) is 0 Å². The molecule has 1 aliphatic heterocycles. The Kier molecular flexibility index (Phi) is 7.52. The molecule has 30 heavy (non-hydrogen) atoms. The van der Waals surface area contributed by atoms with Crippen LogP contribution in [0.5, 0.6) is 5.75 Å². The van der Waals surface area contributed by atoms with Gasteiger partial charge in [0.15, 0.2) is 0 Å². The SMILES string of the molecule is Cc1ccc(C(CNCc2ccc(OCc3csc(C)n3)cc2)N2CCOCC2)s1. The second-order valence-corrected chi connectivity index (χ2v) is 9.92. The smallest absolute Gasteiger partial charge is 0.131 e. The quantitative estimate of drug-likeness (QED) is 0.525. The van der Waals surface area contributed by atoms with E-state index in [0.717, 1.165) is 55.8 Å². The highest BCUT2D eigenvalue weighted by Gasteiger charge is 2.23. The Balaban J connectivity index is 1.29. The first kappa shape index (κ1) is 21.5. The highest BCUT2D eigenvalue weighted by atomic mass is 32.1. The number of thiazole rings is 1. The number of morpholine rings is 1. The van der Waals surface area contributed by atoms with Crippen molar-refractivity contribution in [2.45, 2.75) is 33.0 Å². The van der Waals surface area contributed by atoms with Crippen molar-refractivity contribution in [2.75, 3.05) is 32.8 Å². The van der Waals surface area contributed by atoms with E-state index in [1.165, 1.54) is 15.3 Å². The van der Waals surface area contributed by atoms with Crippen LogP contribution in [0.1, 0.15) is 32.1 Å². The summed E-state index contributed by atoms with van der Waals surface area (Å²) in [7, 11) is 0. The van der Waals surface area contributed by atoms with Crippen molar-refractivity contribution in [3.05, 3.63) is 67.8 Å². The Morgan fingerprint density at radius 3 is 2.60 bits per heavy atom. The van der Waals surface area contributed by atoms with E-state index in [1.807, 2.05) is 35.8 Å². The number of ether oxygens (including phenoxy) is 2.